The van der Waals surface area contributed by atoms with E-state index in [1.165, 1.54) is 120 Å². The van der Waals surface area contributed by atoms with Gasteiger partial charge in [0.15, 0.2) is 0 Å². The molecule has 0 atom stereocenters. The molecule has 310 valence electrons. The van der Waals surface area contributed by atoms with E-state index in [-0.39, 0.29) is 13.4 Å². The molecule has 0 spiro atoms. The summed E-state index contributed by atoms with van der Waals surface area (Å²) in [5.41, 5.74) is 25.6. The van der Waals surface area contributed by atoms with Crippen LogP contribution in [0, 0.1) is 83.1 Å². The molecule has 9 rings (SSSR count). The van der Waals surface area contributed by atoms with Crippen LogP contribution in [0.1, 0.15) is 84.3 Å². The van der Waals surface area contributed by atoms with Crippen molar-refractivity contribution < 1.29 is 0 Å². The largest absolute Gasteiger partial charge is 0.255 e. The summed E-state index contributed by atoms with van der Waals surface area (Å²) in [4.78, 5) is 2.92. The first-order valence-electron chi connectivity index (χ1n) is 22.5. The fourth-order valence-corrected chi connectivity index (χ4v) is 17.6. The maximum atomic E-state index is 2.51. The first kappa shape index (κ1) is 42.7. The summed E-state index contributed by atoms with van der Waals surface area (Å²) >= 11 is 4.13. The average Bonchev–Trinajstić information content (AvgIpc) is 4.01. The van der Waals surface area contributed by atoms with Gasteiger partial charge in [0, 0.05) is 20.3 Å². The normalized spacial score (nSPS) is 12.3. The topological polar surface area (TPSA) is 0 Å². The van der Waals surface area contributed by atoms with Crippen molar-refractivity contribution in [3.63, 3.8) is 0 Å². The van der Waals surface area contributed by atoms with Crippen LogP contribution in [0.3, 0.4) is 0 Å². The lowest BCUT2D eigenvalue weighted by Gasteiger charge is -2.23. The minimum Gasteiger partial charge on any atom is -0.149 e. The highest BCUT2D eigenvalue weighted by Crippen LogP contribution is 2.63. The minimum atomic E-state index is -0.769. The summed E-state index contributed by atoms with van der Waals surface area (Å²) in [7, 11) is -0.769. The number of benzene rings is 5. The van der Waals surface area contributed by atoms with Crippen molar-refractivity contribution in [3.8, 4) is 25.6 Å². The van der Waals surface area contributed by atoms with Gasteiger partial charge in [0.1, 0.15) is 0 Å². The number of hydrogen-bond acceptors (Lipinski definition) is 2. The van der Waals surface area contributed by atoms with Crippen LogP contribution in [0.25, 0.3) is 25.6 Å². The van der Waals surface area contributed by atoms with E-state index >= 15 is 0 Å². The zero-order valence-electron chi connectivity index (χ0n) is 38.9. The van der Waals surface area contributed by atoms with Crippen molar-refractivity contribution in [2.45, 2.75) is 102 Å². The Morgan fingerprint density at radius 3 is 1.00 bits per heavy atom. The Morgan fingerprint density at radius 1 is 0.387 bits per heavy atom. The molecule has 0 amide bonds. The Labute approximate surface area is 381 Å². The van der Waals surface area contributed by atoms with E-state index in [0.717, 1.165) is 12.8 Å². The molecule has 0 nitrogen and oxygen atoms in total. The number of fused-ring (bicyclic) bond motifs is 1. The van der Waals surface area contributed by atoms with Crippen LogP contribution < -0.4 is 31.4 Å². The van der Waals surface area contributed by atoms with E-state index in [0.29, 0.717) is 0 Å². The molecule has 0 radical (unpaired) electrons. The maximum absolute atomic E-state index is 2.51. The van der Waals surface area contributed by atoms with E-state index in [4.69, 9.17) is 0 Å². The van der Waals surface area contributed by atoms with Crippen molar-refractivity contribution in [3.05, 3.63) is 181 Å². The van der Waals surface area contributed by atoms with Crippen molar-refractivity contribution in [1.29, 1.82) is 0 Å². The molecule has 8 aromatic rings. The molecule has 0 aliphatic heterocycles. The fourth-order valence-electron chi connectivity index (χ4n) is 11.7. The van der Waals surface area contributed by atoms with Crippen molar-refractivity contribution in [2.24, 2.45) is 0 Å². The van der Waals surface area contributed by atoms with Crippen LogP contribution in [0.2, 0.25) is 0 Å². The molecule has 0 bridgehead atoms. The SMILES string of the molecule is Cc1cc(C)c(B(c2ccc(-c3c4c(c(-c5ccc(B(c6c(C)cc(C)cc6C)c6c(C)cc(C)cc6C)s5)p3-c3ccccc3)CCC4)s2)c2c(C)cc(C)cc2C)c(C)c1. The molecule has 1 aliphatic rings. The van der Waals surface area contributed by atoms with E-state index in [9.17, 15) is 0 Å². The second-order valence-electron chi connectivity index (χ2n) is 18.7. The standard InChI is InChI=1S/C57H59B2PS2/c1-33-25-37(5)52(38(6)26-33)58(53-39(7)27-34(2)28-40(53)8)50-23-21-48(61-50)56-46-19-16-20-47(46)57(60(56)45-17-14-13-15-18-45)49-22-24-51(62-49)59(54-41(9)29-35(3)30-42(54)10)55-43(11)31-36(4)32-44(55)12/h13-15,17-18,21-32H,16,19-20H2,1-12H3. The molecule has 5 aromatic carbocycles. The predicted octanol–water partition coefficient (Wildman–Crippen LogP) is 12.3. The molecule has 5 heteroatoms. The van der Waals surface area contributed by atoms with Gasteiger partial charge >= 0.3 is 0 Å². The summed E-state index contributed by atoms with van der Waals surface area (Å²) in [6, 6.07) is 40.7. The molecular weight excluding hydrogens is 801 g/mol. The Hall–Kier alpha value is -4.59. The molecule has 0 saturated carbocycles. The first-order chi connectivity index (χ1) is 29.7. The zero-order chi connectivity index (χ0) is 43.7. The fraction of sp³-hybridized carbons (Fsp3) is 0.263. The second-order valence-corrected chi connectivity index (χ2v) is 23.0. The Bertz CT molecular complexity index is 2640. The van der Waals surface area contributed by atoms with E-state index < -0.39 is 7.53 Å². The minimum absolute atomic E-state index is 0.180. The summed E-state index contributed by atoms with van der Waals surface area (Å²) in [6.07, 6.45) is 3.55. The zero-order valence-corrected chi connectivity index (χ0v) is 41.4. The summed E-state index contributed by atoms with van der Waals surface area (Å²) in [6.45, 7) is 27.9. The van der Waals surface area contributed by atoms with E-state index in [1.807, 2.05) is 0 Å². The highest BCUT2D eigenvalue weighted by Gasteiger charge is 2.35. The van der Waals surface area contributed by atoms with Crippen LogP contribution in [0.4, 0.5) is 0 Å². The molecule has 3 heterocycles. The van der Waals surface area contributed by atoms with E-state index in [1.54, 1.807) is 21.7 Å². The lowest BCUT2D eigenvalue weighted by molar-refractivity contribution is 0.912. The molecule has 0 fully saturated rings. The molecular formula is C57H59B2PS2. The average molecular weight is 861 g/mol. The molecule has 0 unspecified atom stereocenters. The lowest BCUT2D eigenvalue weighted by Crippen LogP contribution is -2.54. The Morgan fingerprint density at radius 2 is 0.694 bits per heavy atom. The van der Waals surface area contributed by atoms with Gasteiger partial charge in [0.2, 0.25) is 0 Å². The highest BCUT2D eigenvalue weighted by molar-refractivity contribution is 7.64. The third kappa shape index (κ3) is 7.55. The monoisotopic (exact) mass is 860 g/mol. The van der Waals surface area contributed by atoms with Gasteiger partial charge in [-0.2, -0.15) is 0 Å². The molecule has 0 N–H and O–H groups in total. The van der Waals surface area contributed by atoms with Gasteiger partial charge < -0.3 is 0 Å². The van der Waals surface area contributed by atoms with Gasteiger partial charge in [0.05, 0.1) is 0 Å². The quantitative estimate of drug-likeness (QED) is 0.127. The van der Waals surface area contributed by atoms with Crippen molar-refractivity contribution >= 4 is 75.0 Å². The lowest BCUT2D eigenvalue weighted by atomic mass is 9.37. The van der Waals surface area contributed by atoms with Gasteiger partial charge in [-0.25, -0.2) is 0 Å². The van der Waals surface area contributed by atoms with Gasteiger partial charge in [-0.15, -0.1) is 22.7 Å². The smallest absolute Gasteiger partial charge is 0.149 e. The number of rotatable bonds is 9. The number of thiophene rings is 2. The van der Waals surface area contributed by atoms with Crippen LogP contribution >= 0.6 is 30.2 Å². The number of aryl methyl sites for hydroxylation is 12. The van der Waals surface area contributed by atoms with Crippen LogP contribution in [-0.4, -0.2) is 13.4 Å². The third-order valence-corrected chi connectivity index (χ3v) is 19.0. The van der Waals surface area contributed by atoms with E-state index in [2.05, 4.69) is 209 Å². The van der Waals surface area contributed by atoms with Crippen molar-refractivity contribution in [2.75, 3.05) is 0 Å². The van der Waals surface area contributed by atoms with Gasteiger partial charge in [0.25, 0.3) is 13.4 Å². The molecule has 62 heavy (non-hydrogen) atoms. The summed E-state index contributed by atoms with van der Waals surface area (Å²) < 4.78 is 2.89. The molecule has 3 aromatic heterocycles. The van der Waals surface area contributed by atoms with Gasteiger partial charge in [-0.3, -0.25) is 0 Å². The van der Waals surface area contributed by atoms with Crippen LogP contribution in [-0.2, 0) is 12.8 Å². The van der Waals surface area contributed by atoms with Gasteiger partial charge in [-0.05, 0) is 140 Å². The van der Waals surface area contributed by atoms with Gasteiger partial charge in [-0.1, -0.05) is 187 Å². The van der Waals surface area contributed by atoms with Crippen LogP contribution in [0.15, 0.2) is 103 Å². The molecule has 0 saturated heterocycles. The number of hydrogen-bond donors (Lipinski definition) is 0. The summed E-state index contributed by atoms with van der Waals surface area (Å²) in [5.74, 6) is 0. The second kappa shape index (κ2) is 16.8. The third-order valence-electron chi connectivity index (χ3n) is 13.6. The van der Waals surface area contributed by atoms with Crippen molar-refractivity contribution in [1.82, 2.24) is 0 Å². The summed E-state index contributed by atoms with van der Waals surface area (Å²) in [5, 5.41) is 4.69. The Kier molecular flexibility index (Phi) is 11.6. The molecule has 1 aliphatic carbocycles. The highest BCUT2D eigenvalue weighted by atomic mass is 32.1. The maximum Gasteiger partial charge on any atom is 0.255 e. The van der Waals surface area contributed by atoms with Crippen LogP contribution in [0.5, 0.6) is 0 Å². The predicted molar refractivity (Wildman–Crippen MR) is 281 cm³/mol. The Balaban J connectivity index is 1.26. The first-order valence-corrected chi connectivity index (χ1v) is 25.5.